The van der Waals surface area contributed by atoms with Gasteiger partial charge < -0.3 is 9.88 Å². The second-order valence-corrected chi connectivity index (χ2v) is 3.37. The Labute approximate surface area is 93.2 Å². The molecule has 0 aromatic carbocycles. The van der Waals surface area contributed by atoms with Crippen LogP contribution in [0, 0.1) is 0 Å². The summed E-state index contributed by atoms with van der Waals surface area (Å²) >= 11 is 0. The van der Waals surface area contributed by atoms with Crippen molar-refractivity contribution in [3.63, 3.8) is 0 Å². The van der Waals surface area contributed by atoms with Gasteiger partial charge in [0.05, 0.1) is 12.2 Å². The molecule has 0 aliphatic rings. The fourth-order valence-electron chi connectivity index (χ4n) is 1.34. The third-order valence-corrected chi connectivity index (χ3v) is 2.18. The van der Waals surface area contributed by atoms with Crippen LogP contribution in [0.2, 0.25) is 0 Å². The standard InChI is InChI=1S/C11H12N4O/c1-15-7-6-13-10(15)11(16)14-8-9-4-2-3-5-12-9/h2-7H,8H2,1H3,(H,14,16). The van der Waals surface area contributed by atoms with Gasteiger partial charge in [-0.15, -0.1) is 0 Å². The molecule has 2 rings (SSSR count). The highest BCUT2D eigenvalue weighted by Crippen LogP contribution is 1.96. The van der Waals surface area contributed by atoms with Crippen LogP contribution in [0.15, 0.2) is 36.8 Å². The molecule has 0 bridgehead atoms. The average molecular weight is 216 g/mol. The maximum atomic E-state index is 11.7. The van der Waals surface area contributed by atoms with Crippen molar-refractivity contribution >= 4 is 5.91 Å². The zero-order chi connectivity index (χ0) is 11.4. The molecule has 0 fully saturated rings. The Morgan fingerprint density at radius 2 is 2.25 bits per heavy atom. The molecule has 1 amide bonds. The minimum Gasteiger partial charge on any atom is -0.344 e. The quantitative estimate of drug-likeness (QED) is 0.823. The van der Waals surface area contributed by atoms with Crippen LogP contribution in [-0.2, 0) is 13.6 Å². The monoisotopic (exact) mass is 216 g/mol. The zero-order valence-electron chi connectivity index (χ0n) is 8.92. The summed E-state index contributed by atoms with van der Waals surface area (Å²) in [5.74, 6) is 0.203. The summed E-state index contributed by atoms with van der Waals surface area (Å²) in [5, 5.41) is 2.76. The van der Waals surface area contributed by atoms with E-state index in [4.69, 9.17) is 0 Å². The van der Waals surface area contributed by atoms with Crippen LogP contribution in [0.4, 0.5) is 0 Å². The molecular weight excluding hydrogens is 204 g/mol. The first kappa shape index (κ1) is 10.4. The lowest BCUT2D eigenvalue weighted by Crippen LogP contribution is -2.26. The van der Waals surface area contributed by atoms with E-state index in [0.29, 0.717) is 12.4 Å². The Morgan fingerprint density at radius 1 is 1.38 bits per heavy atom. The topological polar surface area (TPSA) is 59.8 Å². The van der Waals surface area contributed by atoms with Crippen molar-refractivity contribution < 1.29 is 4.79 Å². The molecule has 0 aliphatic carbocycles. The lowest BCUT2D eigenvalue weighted by atomic mass is 10.3. The first-order chi connectivity index (χ1) is 7.77. The molecule has 0 radical (unpaired) electrons. The lowest BCUT2D eigenvalue weighted by Gasteiger charge is -2.04. The minimum absolute atomic E-state index is 0.196. The predicted molar refractivity (Wildman–Crippen MR) is 58.6 cm³/mol. The molecule has 82 valence electrons. The number of amides is 1. The van der Waals surface area contributed by atoms with Crippen LogP contribution >= 0.6 is 0 Å². The van der Waals surface area contributed by atoms with E-state index >= 15 is 0 Å². The molecule has 2 heterocycles. The Balaban J connectivity index is 1.97. The molecule has 16 heavy (non-hydrogen) atoms. The highest BCUT2D eigenvalue weighted by atomic mass is 16.2. The lowest BCUT2D eigenvalue weighted by molar-refractivity contribution is 0.0937. The van der Waals surface area contributed by atoms with Crippen molar-refractivity contribution in [1.29, 1.82) is 0 Å². The first-order valence-corrected chi connectivity index (χ1v) is 4.93. The maximum absolute atomic E-state index is 11.7. The average Bonchev–Trinajstić information content (AvgIpc) is 2.74. The number of hydrogen-bond acceptors (Lipinski definition) is 3. The highest BCUT2D eigenvalue weighted by molar-refractivity contribution is 5.90. The third kappa shape index (κ3) is 2.25. The summed E-state index contributed by atoms with van der Waals surface area (Å²) in [6.07, 6.45) is 5.02. The molecule has 1 N–H and O–H groups in total. The van der Waals surface area contributed by atoms with Crippen LogP contribution in [0.25, 0.3) is 0 Å². The van der Waals surface area contributed by atoms with Gasteiger partial charge in [0.25, 0.3) is 5.91 Å². The summed E-state index contributed by atoms with van der Waals surface area (Å²) < 4.78 is 1.67. The van der Waals surface area contributed by atoms with Gasteiger partial charge in [0.15, 0.2) is 5.82 Å². The van der Waals surface area contributed by atoms with Gasteiger partial charge in [-0.25, -0.2) is 4.98 Å². The van der Waals surface area contributed by atoms with Gasteiger partial charge in [-0.2, -0.15) is 0 Å². The molecule has 0 saturated heterocycles. The maximum Gasteiger partial charge on any atom is 0.287 e. The number of hydrogen-bond donors (Lipinski definition) is 1. The Hall–Kier alpha value is -2.17. The second kappa shape index (κ2) is 4.57. The summed E-state index contributed by atoms with van der Waals surface area (Å²) in [5.41, 5.74) is 0.824. The van der Waals surface area contributed by atoms with E-state index in [1.54, 1.807) is 30.2 Å². The van der Waals surface area contributed by atoms with Crippen LogP contribution in [-0.4, -0.2) is 20.4 Å². The Morgan fingerprint density at radius 3 is 2.88 bits per heavy atom. The molecule has 2 aromatic heterocycles. The largest absolute Gasteiger partial charge is 0.344 e. The van der Waals surface area contributed by atoms with E-state index in [0.717, 1.165) is 5.69 Å². The number of imidazole rings is 1. The van der Waals surface area contributed by atoms with Crippen molar-refractivity contribution in [1.82, 2.24) is 19.9 Å². The van der Waals surface area contributed by atoms with E-state index in [9.17, 15) is 4.79 Å². The number of pyridine rings is 1. The Bertz CT molecular complexity index is 478. The van der Waals surface area contributed by atoms with E-state index in [2.05, 4.69) is 15.3 Å². The molecule has 0 aliphatic heterocycles. The van der Waals surface area contributed by atoms with E-state index in [-0.39, 0.29) is 5.91 Å². The first-order valence-electron chi connectivity index (χ1n) is 4.93. The molecule has 5 nitrogen and oxygen atoms in total. The number of nitrogens with zero attached hydrogens (tertiary/aromatic N) is 3. The molecule has 0 atom stereocenters. The second-order valence-electron chi connectivity index (χ2n) is 3.37. The van der Waals surface area contributed by atoms with E-state index in [1.807, 2.05) is 18.2 Å². The fourth-order valence-corrected chi connectivity index (χ4v) is 1.34. The fraction of sp³-hybridized carbons (Fsp3) is 0.182. The van der Waals surface area contributed by atoms with Gasteiger partial charge in [-0.1, -0.05) is 6.07 Å². The van der Waals surface area contributed by atoms with Gasteiger partial charge in [-0.3, -0.25) is 9.78 Å². The smallest absolute Gasteiger partial charge is 0.287 e. The molecular formula is C11H12N4O. The predicted octanol–water partition coefficient (Wildman–Crippen LogP) is 0.745. The van der Waals surface area contributed by atoms with Gasteiger partial charge >= 0.3 is 0 Å². The van der Waals surface area contributed by atoms with Gasteiger partial charge in [0.1, 0.15) is 0 Å². The van der Waals surface area contributed by atoms with Gasteiger partial charge in [0.2, 0.25) is 0 Å². The molecule has 0 spiro atoms. The number of carbonyl (C=O) groups is 1. The number of aryl methyl sites for hydroxylation is 1. The molecule has 0 saturated carbocycles. The molecule has 2 aromatic rings. The number of aromatic nitrogens is 3. The third-order valence-electron chi connectivity index (χ3n) is 2.18. The highest BCUT2D eigenvalue weighted by Gasteiger charge is 2.09. The van der Waals surface area contributed by atoms with E-state index < -0.39 is 0 Å². The van der Waals surface area contributed by atoms with Crippen molar-refractivity contribution in [2.24, 2.45) is 7.05 Å². The Kier molecular flexibility index (Phi) is 2.95. The number of rotatable bonds is 3. The normalized spacial score (nSPS) is 10.1. The summed E-state index contributed by atoms with van der Waals surface area (Å²) in [6, 6.07) is 5.58. The molecule has 0 unspecified atom stereocenters. The summed E-state index contributed by atoms with van der Waals surface area (Å²) in [7, 11) is 1.78. The number of carbonyl (C=O) groups excluding carboxylic acids is 1. The van der Waals surface area contributed by atoms with Gasteiger partial charge in [-0.05, 0) is 12.1 Å². The van der Waals surface area contributed by atoms with Crippen molar-refractivity contribution in [3.05, 3.63) is 48.3 Å². The zero-order valence-corrected chi connectivity index (χ0v) is 8.92. The molecule has 5 heteroatoms. The SMILES string of the molecule is Cn1ccnc1C(=O)NCc1ccccn1. The van der Waals surface area contributed by atoms with Crippen LogP contribution in [0.5, 0.6) is 0 Å². The van der Waals surface area contributed by atoms with Crippen molar-refractivity contribution in [2.45, 2.75) is 6.54 Å². The van der Waals surface area contributed by atoms with Crippen molar-refractivity contribution in [3.8, 4) is 0 Å². The summed E-state index contributed by atoms with van der Waals surface area (Å²) in [6.45, 7) is 0.409. The number of nitrogens with one attached hydrogen (secondary N) is 1. The van der Waals surface area contributed by atoms with Crippen LogP contribution in [0.1, 0.15) is 16.3 Å². The summed E-state index contributed by atoms with van der Waals surface area (Å²) in [4.78, 5) is 19.7. The van der Waals surface area contributed by atoms with Crippen molar-refractivity contribution in [2.75, 3.05) is 0 Å². The van der Waals surface area contributed by atoms with Gasteiger partial charge in [0, 0.05) is 25.6 Å². The van der Waals surface area contributed by atoms with Crippen LogP contribution < -0.4 is 5.32 Å². The minimum atomic E-state index is -0.196. The van der Waals surface area contributed by atoms with Crippen LogP contribution in [0.3, 0.4) is 0 Å². The van der Waals surface area contributed by atoms with E-state index in [1.165, 1.54) is 0 Å².